The third-order valence-electron chi connectivity index (χ3n) is 7.31. The molecule has 39 heavy (non-hydrogen) atoms. The maximum Gasteiger partial charge on any atom is 0.227 e. The lowest BCUT2D eigenvalue weighted by Crippen LogP contribution is -2.73. The molecular weight excluding hydrogens is 508 g/mol. The second kappa shape index (κ2) is 10.7. The second-order valence-electron chi connectivity index (χ2n) is 10.3. The largest absolute Gasteiger partial charge is 0.495 e. The fraction of sp³-hybridized carbons (Fsp3) is 0.429. The molecule has 0 atom stereocenters. The topological polar surface area (TPSA) is 81.2 Å². The van der Waals surface area contributed by atoms with Gasteiger partial charge in [-0.3, -0.25) is 4.90 Å². The van der Waals surface area contributed by atoms with Crippen molar-refractivity contribution in [3.63, 3.8) is 0 Å². The number of halogens is 2. The zero-order valence-corrected chi connectivity index (χ0v) is 22.8. The quantitative estimate of drug-likeness (QED) is 0.395. The molecule has 9 nitrogen and oxygen atoms in total. The van der Waals surface area contributed by atoms with Crippen LogP contribution in [0.1, 0.15) is 19.4 Å². The summed E-state index contributed by atoms with van der Waals surface area (Å²) in [5, 5.41) is 3.15. The molecule has 0 aliphatic carbocycles. The van der Waals surface area contributed by atoms with Crippen LogP contribution in [0.15, 0.2) is 36.7 Å². The Bertz CT molecular complexity index is 1300. The number of benzene rings is 2. The fourth-order valence-electron chi connectivity index (χ4n) is 5.13. The van der Waals surface area contributed by atoms with Crippen molar-refractivity contribution in [3.05, 3.63) is 53.9 Å². The zero-order valence-electron chi connectivity index (χ0n) is 22.8. The first-order chi connectivity index (χ1) is 18.8. The van der Waals surface area contributed by atoms with E-state index in [0.29, 0.717) is 17.4 Å². The molecule has 2 fully saturated rings. The number of aromatic nitrogens is 2. The smallest absolute Gasteiger partial charge is 0.227 e. The molecule has 1 spiro atoms. The number of hydrogen-bond acceptors (Lipinski definition) is 9. The van der Waals surface area contributed by atoms with Crippen LogP contribution in [-0.2, 0) is 6.61 Å². The highest BCUT2D eigenvalue weighted by Gasteiger charge is 2.52. The molecule has 208 valence electrons. The molecule has 0 radical (unpaired) electrons. The van der Waals surface area contributed by atoms with E-state index in [2.05, 4.69) is 38.9 Å². The van der Waals surface area contributed by atoms with Gasteiger partial charge in [-0.05, 0) is 26.0 Å². The lowest BCUT2D eigenvalue weighted by molar-refractivity contribution is -0.0412. The first-order valence-electron chi connectivity index (χ1n) is 12.7. The summed E-state index contributed by atoms with van der Waals surface area (Å²) in [7, 11) is 4.24. The van der Waals surface area contributed by atoms with Crippen LogP contribution in [0.2, 0.25) is 0 Å². The van der Waals surface area contributed by atoms with Crippen LogP contribution in [0.5, 0.6) is 23.0 Å². The van der Waals surface area contributed by atoms with Crippen molar-refractivity contribution in [1.29, 1.82) is 0 Å². The number of ether oxygens (including phenoxy) is 4. The average molecular weight is 542 g/mol. The number of nitrogens with zero attached hydrogens (tertiary/aromatic N) is 4. The summed E-state index contributed by atoms with van der Waals surface area (Å²) in [6.45, 7) is 8.44. The first-order valence-corrected chi connectivity index (χ1v) is 12.7. The monoisotopic (exact) mass is 541 g/mol. The van der Waals surface area contributed by atoms with E-state index in [1.807, 2.05) is 18.2 Å². The molecule has 2 aliphatic rings. The van der Waals surface area contributed by atoms with Crippen LogP contribution in [0.3, 0.4) is 0 Å². The van der Waals surface area contributed by atoms with E-state index in [0.717, 1.165) is 49.4 Å². The van der Waals surface area contributed by atoms with Crippen molar-refractivity contribution in [1.82, 2.24) is 14.9 Å². The van der Waals surface area contributed by atoms with Gasteiger partial charge >= 0.3 is 0 Å². The van der Waals surface area contributed by atoms with Crippen molar-refractivity contribution in [3.8, 4) is 23.0 Å². The number of methoxy groups -OCH3 is 3. The van der Waals surface area contributed by atoms with Crippen LogP contribution < -0.4 is 29.2 Å². The summed E-state index contributed by atoms with van der Waals surface area (Å²) < 4.78 is 50.3. The van der Waals surface area contributed by atoms with E-state index in [-0.39, 0.29) is 22.8 Å². The molecule has 5 rings (SSSR count). The molecule has 0 bridgehead atoms. The molecule has 0 unspecified atom stereocenters. The van der Waals surface area contributed by atoms with E-state index < -0.39 is 18.2 Å². The predicted octanol–water partition coefficient (Wildman–Crippen LogP) is 4.63. The van der Waals surface area contributed by atoms with E-state index in [9.17, 15) is 8.78 Å². The minimum Gasteiger partial charge on any atom is -0.495 e. The van der Waals surface area contributed by atoms with Gasteiger partial charge < -0.3 is 29.2 Å². The van der Waals surface area contributed by atoms with E-state index in [1.54, 1.807) is 7.11 Å². The lowest BCUT2D eigenvalue weighted by Gasteiger charge is -2.62. The Morgan fingerprint density at radius 3 is 2.08 bits per heavy atom. The summed E-state index contributed by atoms with van der Waals surface area (Å²) in [6, 6.07) is 7.65. The van der Waals surface area contributed by atoms with Gasteiger partial charge in [0.1, 0.15) is 12.4 Å². The average Bonchev–Trinajstić information content (AvgIpc) is 2.88. The number of nitrogens with one attached hydrogen (secondary N) is 1. The van der Waals surface area contributed by atoms with Crippen molar-refractivity contribution >= 4 is 17.3 Å². The molecule has 0 amide bonds. The summed E-state index contributed by atoms with van der Waals surface area (Å²) in [4.78, 5) is 13.4. The van der Waals surface area contributed by atoms with Crippen molar-refractivity contribution in [2.75, 3.05) is 57.7 Å². The highest BCUT2D eigenvalue weighted by molar-refractivity contribution is 5.68. The maximum atomic E-state index is 14.6. The molecule has 2 aliphatic heterocycles. The number of anilines is 3. The van der Waals surface area contributed by atoms with E-state index in [1.165, 1.54) is 26.6 Å². The number of hydrogen-bond donors (Lipinski definition) is 1. The van der Waals surface area contributed by atoms with Gasteiger partial charge in [0.2, 0.25) is 5.95 Å². The normalized spacial score (nSPS) is 16.1. The van der Waals surface area contributed by atoms with Crippen LogP contribution in [0.25, 0.3) is 0 Å². The fourth-order valence-corrected chi connectivity index (χ4v) is 5.13. The molecule has 1 aromatic heterocycles. The van der Waals surface area contributed by atoms with Gasteiger partial charge in [-0.1, -0.05) is 0 Å². The van der Waals surface area contributed by atoms with Crippen LogP contribution in [-0.4, -0.2) is 68.4 Å². The summed E-state index contributed by atoms with van der Waals surface area (Å²) in [6.07, 6.45) is 2.85. The minimum atomic E-state index is -0.856. The third kappa shape index (κ3) is 5.23. The Balaban J connectivity index is 1.20. The van der Waals surface area contributed by atoms with E-state index in [4.69, 9.17) is 18.9 Å². The molecule has 2 aromatic carbocycles. The lowest BCUT2D eigenvalue weighted by atomic mass is 9.72. The van der Waals surface area contributed by atoms with E-state index >= 15 is 0 Å². The maximum absolute atomic E-state index is 14.6. The van der Waals surface area contributed by atoms with Gasteiger partial charge in [-0.2, -0.15) is 0 Å². The summed E-state index contributed by atoms with van der Waals surface area (Å²) in [5.74, 6) is -0.641. The molecule has 1 N–H and O–H groups in total. The standard InChI is InChI=1S/C28H33F2N5O4/c1-17(2)34-13-28(14-34)15-35(16-28)21-7-6-18(8-22(21)36-3)33-27-31-10-19(11-32-27)39-12-20-25(29)23(37-4)9-24(38-5)26(20)30/h6-11,17H,12-16H2,1-5H3,(H,31,32,33). The molecular formula is C28H33F2N5O4. The summed E-state index contributed by atoms with van der Waals surface area (Å²) >= 11 is 0. The van der Waals surface area contributed by atoms with Crippen LogP contribution >= 0.6 is 0 Å². The molecule has 3 heterocycles. The minimum absolute atomic E-state index is 0.140. The van der Waals surface area contributed by atoms with Crippen LogP contribution in [0, 0.1) is 17.0 Å². The highest BCUT2D eigenvalue weighted by atomic mass is 19.1. The van der Waals surface area contributed by atoms with Crippen molar-refractivity contribution in [2.45, 2.75) is 26.5 Å². The second-order valence-corrected chi connectivity index (χ2v) is 10.3. The van der Waals surface area contributed by atoms with Gasteiger partial charge in [0.25, 0.3) is 0 Å². The van der Waals surface area contributed by atoms with Gasteiger partial charge in [-0.15, -0.1) is 0 Å². The summed E-state index contributed by atoms with van der Waals surface area (Å²) in [5.41, 5.74) is 1.92. The highest BCUT2D eigenvalue weighted by Crippen LogP contribution is 2.45. The molecule has 2 saturated heterocycles. The third-order valence-corrected chi connectivity index (χ3v) is 7.31. The van der Waals surface area contributed by atoms with Crippen LogP contribution in [0.4, 0.5) is 26.1 Å². The first kappa shape index (κ1) is 26.7. The van der Waals surface area contributed by atoms with Crippen molar-refractivity contribution in [2.24, 2.45) is 5.41 Å². The van der Waals surface area contributed by atoms with Gasteiger partial charge in [0.05, 0.1) is 45.0 Å². The Hall–Kier alpha value is -3.86. The Labute approximate surface area is 226 Å². The number of rotatable bonds is 10. The van der Waals surface area contributed by atoms with Gasteiger partial charge in [0.15, 0.2) is 28.9 Å². The SMILES string of the molecule is COc1cc(Nc2ncc(OCc3c(F)c(OC)cc(OC)c3F)cn2)ccc1N1CC2(C1)CN(C(C)C)C2. The predicted molar refractivity (Wildman–Crippen MR) is 143 cm³/mol. The Morgan fingerprint density at radius 2 is 1.51 bits per heavy atom. The molecule has 11 heteroatoms. The van der Waals surface area contributed by atoms with Crippen molar-refractivity contribution < 1.29 is 27.7 Å². The number of likely N-dealkylation sites (tertiary alicyclic amines) is 1. The Kier molecular flexibility index (Phi) is 7.35. The molecule has 0 saturated carbocycles. The zero-order chi connectivity index (χ0) is 27.7. The Morgan fingerprint density at radius 1 is 0.897 bits per heavy atom. The van der Waals surface area contributed by atoms with Gasteiger partial charge in [0, 0.05) is 55.5 Å². The van der Waals surface area contributed by atoms with Gasteiger partial charge in [-0.25, -0.2) is 18.7 Å². The molecule has 3 aromatic rings.